The van der Waals surface area contributed by atoms with Crippen LogP contribution in [0.2, 0.25) is 0 Å². The van der Waals surface area contributed by atoms with E-state index in [4.69, 9.17) is 4.74 Å². The summed E-state index contributed by atoms with van der Waals surface area (Å²) in [5, 5.41) is 6.53. The zero-order valence-electron chi connectivity index (χ0n) is 12.1. The Morgan fingerprint density at radius 2 is 1.71 bits per heavy atom. The summed E-state index contributed by atoms with van der Waals surface area (Å²) in [7, 11) is 0. The molecule has 1 heterocycles. The molecule has 1 N–H and O–H groups in total. The number of aromatic amines is 1. The Morgan fingerprint density at radius 3 is 2.38 bits per heavy atom. The summed E-state index contributed by atoms with van der Waals surface area (Å²) in [5.74, 6) is 0.133. The van der Waals surface area contributed by atoms with E-state index in [1.807, 2.05) is 0 Å². The number of H-pyrrole nitrogens is 1. The van der Waals surface area contributed by atoms with Crippen LogP contribution in [0.4, 0.5) is 17.6 Å². The van der Waals surface area contributed by atoms with Crippen molar-refractivity contribution in [3.05, 3.63) is 65.7 Å². The third kappa shape index (κ3) is 3.53. The Bertz CT molecular complexity index is 828. The van der Waals surface area contributed by atoms with Gasteiger partial charge in [0.15, 0.2) is 23.2 Å². The summed E-state index contributed by atoms with van der Waals surface area (Å²) in [6.07, 6.45) is -4.39. The summed E-state index contributed by atoms with van der Waals surface area (Å²) < 4.78 is 56.3. The molecule has 0 atom stereocenters. The number of ether oxygens (including phenoxy) is 1. The van der Waals surface area contributed by atoms with Gasteiger partial charge in [-0.25, -0.2) is 9.37 Å². The van der Waals surface area contributed by atoms with Crippen LogP contribution in [0.25, 0.3) is 11.4 Å². The quantitative estimate of drug-likeness (QED) is 0.726. The Hall–Kier alpha value is -2.90. The minimum atomic E-state index is -4.39. The Morgan fingerprint density at radius 1 is 1.00 bits per heavy atom. The molecule has 0 aliphatic heterocycles. The SMILES string of the molecule is Fc1ccccc1OCc1nc(-c2ccc(C(F)(F)F)cc2)n[nH]1. The lowest BCUT2D eigenvalue weighted by Crippen LogP contribution is -2.04. The zero-order valence-corrected chi connectivity index (χ0v) is 12.1. The number of nitrogens with zero attached hydrogens (tertiary/aromatic N) is 2. The molecular weight excluding hydrogens is 326 g/mol. The molecule has 8 heteroatoms. The van der Waals surface area contributed by atoms with Crippen LogP contribution in [0.1, 0.15) is 11.4 Å². The molecule has 2 aromatic carbocycles. The standard InChI is InChI=1S/C16H11F4N3O/c17-12-3-1-2-4-13(12)24-9-14-21-15(23-22-14)10-5-7-11(8-6-10)16(18,19)20/h1-8H,9H2,(H,21,22,23). The highest BCUT2D eigenvalue weighted by Crippen LogP contribution is 2.30. The third-order valence-electron chi connectivity index (χ3n) is 3.20. The molecule has 1 aromatic heterocycles. The summed E-state index contributed by atoms with van der Waals surface area (Å²) in [4.78, 5) is 4.12. The van der Waals surface area contributed by atoms with Gasteiger partial charge in [0.05, 0.1) is 5.56 Å². The van der Waals surface area contributed by atoms with Crippen molar-refractivity contribution in [3.8, 4) is 17.1 Å². The lowest BCUT2D eigenvalue weighted by Gasteiger charge is -2.06. The van der Waals surface area contributed by atoms with E-state index in [9.17, 15) is 17.6 Å². The molecule has 4 nitrogen and oxygen atoms in total. The maximum Gasteiger partial charge on any atom is 0.416 e. The fourth-order valence-corrected chi connectivity index (χ4v) is 2.01. The average molecular weight is 337 g/mol. The van der Waals surface area contributed by atoms with Crippen molar-refractivity contribution in [2.24, 2.45) is 0 Å². The van der Waals surface area contributed by atoms with E-state index in [0.717, 1.165) is 12.1 Å². The first-order valence-corrected chi connectivity index (χ1v) is 6.90. The molecular formula is C16H11F4N3O. The van der Waals surface area contributed by atoms with Gasteiger partial charge in [0, 0.05) is 5.56 Å². The van der Waals surface area contributed by atoms with Crippen LogP contribution in [0, 0.1) is 5.82 Å². The van der Waals surface area contributed by atoms with Crippen LogP contribution >= 0.6 is 0 Å². The minimum absolute atomic E-state index is 0.0471. The van der Waals surface area contributed by atoms with Gasteiger partial charge in [-0.15, -0.1) is 0 Å². The monoisotopic (exact) mass is 337 g/mol. The van der Waals surface area contributed by atoms with Gasteiger partial charge < -0.3 is 4.74 Å². The van der Waals surface area contributed by atoms with Crippen LogP contribution in [0.15, 0.2) is 48.5 Å². The van der Waals surface area contributed by atoms with Gasteiger partial charge in [0.2, 0.25) is 0 Å². The van der Waals surface area contributed by atoms with Crippen molar-refractivity contribution in [1.29, 1.82) is 0 Å². The molecule has 0 bridgehead atoms. The van der Waals surface area contributed by atoms with Gasteiger partial charge in [-0.05, 0) is 24.3 Å². The van der Waals surface area contributed by atoms with Crippen LogP contribution in [-0.2, 0) is 12.8 Å². The number of para-hydroxylation sites is 1. The van der Waals surface area contributed by atoms with Crippen molar-refractivity contribution in [3.63, 3.8) is 0 Å². The lowest BCUT2D eigenvalue weighted by molar-refractivity contribution is -0.137. The van der Waals surface area contributed by atoms with Gasteiger partial charge in [0.25, 0.3) is 0 Å². The van der Waals surface area contributed by atoms with Gasteiger partial charge in [0.1, 0.15) is 6.61 Å². The first-order valence-electron chi connectivity index (χ1n) is 6.90. The topological polar surface area (TPSA) is 50.8 Å². The average Bonchev–Trinajstić information content (AvgIpc) is 3.02. The van der Waals surface area contributed by atoms with Crippen LogP contribution in [0.3, 0.4) is 0 Å². The highest BCUT2D eigenvalue weighted by atomic mass is 19.4. The predicted octanol–water partition coefficient (Wildman–Crippen LogP) is 4.21. The van der Waals surface area contributed by atoms with Gasteiger partial charge in [-0.1, -0.05) is 24.3 Å². The lowest BCUT2D eigenvalue weighted by atomic mass is 10.1. The van der Waals surface area contributed by atoms with E-state index in [0.29, 0.717) is 11.4 Å². The number of benzene rings is 2. The molecule has 124 valence electrons. The zero-order chi connectivity index (χ0) is 17.2. The molecule has 0 spiro atoms. The van der Waals surface area contributed by atoms with E-state index in [1.54, 1.807) is 12.1 Å². The number of hydrogen-bond donors (Lipinski definition) is 1. The smallest absolute Gasteiger partial charge is 0.416 e. The molecule has 0 unspecified atom stereocenters. The molecule has 3 rings (SSSR count). The van der Waals surface area contributed by atoms with Crippen LogP contribution in [-0.4, -0.2) is 15.2 Å². The number of aromatic nitrogens is 3. The fourth-order valence-electron chi connectivity index (χ4n) is 2.01. The maximum atomic E-state index is 13.4. The first-order chi connectivity index (χ1) is 11.4. The van der Waals surface area contributed by atoms with Crippen LogP contribution < -0.4 is 4.74 Å². The summed E-state index contributed by atoms with van der Waals surface area (Å²) in [6, 6.07) is 10.4. The number of halogens is 4. The molecule has 24 heavy (non-hydrogen) atoms. The van der Waals surface area contributed by atoms with Crippen molar-refractivity contribution in [2.75, 3.05) is 0 Å². The molecule has 0 aliphatic carbocycles. The van der Waals surface area contributed by atoms with E-state index < -0.39 is 17.6 Å². The predicted molar refractivity (Wildman–Crippen MR) is 77.6 cm³/mol. The molecule has 3 aromatic rings. The number of nitrogens with one attached hydrogen (secondary N) is 1. The minimum Gasteiger partial charge on any atom is -0.483 e. The van der Waals surface area contributed by atoms with Crippen molar-refractivity contribution in [1.82, 2.24) is 15.2 Å². The molecule has 0 fully saturated rings. The van der Waals surface area contributed by atoms with Gasteiger partial charge in [-0.2, -0.15) is 18.3 Å². The third-order valence-corrected chi connectivity index (χ3v) is 3.20. The van der Waals surface area contributed by atoms with E-state index in [2.05, 4.69) is 15.2 Å². The number of alkyl halides is 3. The summed E-state index contributed by atoms with van der Waals surface area (Å²) >= 11 is 0. The Labute approximate surface area is 134 Å². The first kappa shape index (κ1) is 16.0. The summed E-state index contributed by atoms with van der Waals surface area (Å²) in [6.45, 7) is -0.0471. The van der Waals surface area contributed by atoms with Crippen molar-refractivity contribution in [2.45, 2.75) is 12.8 Å². The van der Waals surface area contributed by atoms with E-state index in [1.165, 1.54) is 24.3 Å². The normalized spacial score (nSPS) is 11.5. The van der Waals surface area contributed by atoms with E-state index >= 15 is 0 Å². The Kier molecular flexibility index (Phi) is 4.20. The highest BCUT2D eigenvalue weighted by Gasteiger charge is 2.30. The summed E-state index contributed by atoms with van der Waals surface area (Å²) in [5.41, 5.74) is -0.318. The van der Waals surface area contributed by atoms with Crippen LogP contribution in [0.5, 0.6) is 5.75 Å². The fraction of sp³-hybridized carbons (Fsp3) is 0.125. The molecule has 0 saturated heterocycles. The Balaban J connectivity index is 1.70. The second-order valence-electron chi connectivity index (χ2n) is 4.90. The van der Waals surface area contributed by atoms with Gasteiger partial charge in [-0.3, -0.25) is 5.10 Å². The highest BCUT2D eigenvalue weighted by molar-refractivity contribution is 5.55. The number of hydrogen-bond acceptors (Lipinski definition) is 3. The van der Waals surface area contributed by atoms with Crippen molar-refractivity contribution < 1.29 is 22.3 Å². The second-order valence-corrected chi connectivity index (χ2v) is 4.90. The largest absolute Gasteiger partial charge is 0.483 e. The molecule has 0 aliphatic rings. The molecule has 0 radical (unpaired) electrons. The molecule has 0 saturated carbocycles. The van der Waals surface area contributed by atoms with Gasteiger partial charge >= 0.3 is 6.18 Å². The molecule has 0 amide bonds. The second kappa shape index (κ2) is 6.31. The van der Waals surface area contributed by atoms with Crippen molar-refractivity contribution >= 4 is 0 Å². The maximum absolute atomic E-state index is 13.4. The number of rotatable bonds is 4. The van der Waals surface area contributed by atoms with E-state index in [-0.39, 0.29) is 18.2 Å².